The van der Waals surface area contributed by atoms with Crippen molar-refractivity contribution in [2.75, 3.05) is 25.6 Å². The molecule has 104 valence electrons. The maximum atomic E-state index is 5.23. The quantitative estimate of drug-likeness (QED) is 0.789. The highest BCUT2D eigenvalue weighted by Crippen LogP contribution is 2.28. The van der Waals surface area contributed by atoms with E-state index in [2.05, 4.69) is 31.0 Å². The summed E-state index contributed by atoms with van der Waals surface area (Å²) in [5, 5.41) is 4.31. The van der Waals surface area contributed by atoms with E-state index < -0.39 is 0 Å². The van der Waals surface area contributed by atoms with E-state index >= 15 is 0 Å². The number of rotatable bonds is 8. The zero-order valence-electron chi connectivity index (χ0n) is 12.1. The van der Waals surface area contributed by atoms with Crippen molar-refractivity contribution >= 4 is 16.5 Å². The van der Waals surface area contributed by atoms with Crippen LogP contribution in [0.25, 0.3) is 0 Å². The van der Waals surface area contributed by atoms with Crippen molar-refractivity contribution in [2.24, 2.45) is 0 Å². The van der Waals surface area contributed by atoms with Gasteiger partial charge in [0.1, 0.15) is 0 Å². The Balaban J connectivity index is 2.96. The lowest BCUT2D eigenvalue weighted by atomic mass is 10.2. The van der Waals surface area contributed by atoms with Gasteiger partial charge in [-0.15, -0.1) is 11.3 Å². The van der Waals surface area contributed by atoms with Crippen molar-refractivity contribution in [1.29, 1.82) is 0 Å². The van der Waals surface area contributed by atoms with Crippen LogP contribution in [0.2, 0.25) is 0 Å². The standard InChI is InChI=1S/C13H25N3OS/c1-6-10(3)16(7-2)13-15-11(9-17-5)12(18-13)8-14-4/h10,14H,6-9H2,1-5H3. The number of anilines is 1. The van der Waals surface area contributed by atoms with Crippen molar-refractivity contribution in [3.8, 4) is 0 Å². The highest BCUT2D eigenvalue weighted by Gasteiger charge is 2.18. The molecule has 1 unspecified atom stereocenters. The molecule has 1 N–H and O–H groups in total. The van der Waals surface area contributed by atoms with Gasteiger partial charge in [-0.1, -0.05) is 6.92 Å². The first kappa shape index (κ1) is 15.4. The summed E-state index contributed by atoms with van der Waals surface area (Å²) < 4.78 is 5.23. The summed E-state index contributed by atoms with van der Waals surface area (Å²) in [4.78, 5) is 8.38. The van der Waals surface area contributed by atoms with E-state index in [0.717, 1.165) is 30.3 Å². The first-order valence-electron chi connectivity index (χ1n) is 6.56. The van der Waals surface area contributed by atoms with E-state index in [1.807, 2.05) is 7.05 Å². The van der Waals surface area contributed by atoms with Crippen LogP contribution >= 0.6 is 11.3 Å². The average Bonchev–Trinajstić information content (AvgIpc) is 2.74. The van der Waals surface area contributed by atoms with Gasteiger partial charge in [0.05, 0.1) is 12.3 Å². The van der Waals surface area contributed by atoms with E-state index in [0.29, 0.717) is 12.6 Å². The van der Waals surface area contributed by atoms with Crippen LogP contribution in [0, 0.1) is 0 Å². The van der Waals surface area contributed by atoms with Gasteiger partial charge in [0.2, 0.25) is 0 Å². The van der Waals surface area contributed by atoms with E-state index in [-0.39, 0.29) is 0 Å². The zero-order chi connectivity index (χ0) is 13.5. The minimum absolute atomic E-state index is 0.527. The summed E-state index contributed by atoms with van der Waals surface area (Å²) in [5.41, 5.74) is 1.06. The fourth-order valence-corrected chi connectivity index (χ4v) is 3.14. The molecule has 0 radical (unpaired) electrons. The van der Waals surface area contributed by atoms with Crippen LogP contribution in [-0.4, -0.2) is 31.7 Å². The third-order valence-corrected chi connectivity index (χ3v) is 4.23. The molecule has 4 nitrogen and oxygen atoms in total. The van der Waals surface area contributed by atoms with Crippen molar-refractivity contribution in [1.82, 2.24) is 10.3 Å². The molecular weight excluding hydrogens is 246 g/mol. The summed E-state index contributed by atoms with van der Waals surface area (Å²) in [7, 11) is 3.68. The van der Waals surface area contributed by atoms with Crippen LogP contribution in [-0.2, 0) is 17.9 Å². The minimum Gasteiger partial charge on any atom is -0.378 e. The Morgan fingerprint density at radius 2 is 2.17 bits per heavy atom. The topological polar surface area (TPSA) is 37.4 Å². The second-order valence-corrected chi connectivity index (χ2v) is 5.44. The Kier molecular flexibility index (Phi) is 6.60. The summed E-state index contributed by atoms with van der Waals surface area (Å²) in [5.74, 6) is 0. The summed E-state index contributed by atoms with van der Waals surface area (Å²) >= 11 is 1.77. The van der Waals surface area contributed by atoms with Crippen molar-refractivity contribution < 1.29 is 4.74 Å². The van der Waals surface area contributed by atoms with E-state index in [1.165, 1.54) is 4.88 Å². The van der Waals surface area contributed by atoms with E-state index in [9.17, 15) is 0 Å². The monoisotopic (exact) mass is 271 g/mol. The van der Waals surface area contributed by atoms with Gasteiger partial charge in [-0.25, -0.2) is 4.98 Å². The summed E-state index contributed by atoms with van der Waals surface area (Å²) in [6, 6.07) is 0.527. The Labute approximate surface area is 114 Å². The smallest absolute Gasteiger partial charge is 0.186 e. The molecule has 18 heavy (non-hydrogen) atoms. The molecule has 1 atom stereocenters. The molecular formula is C13H25N3OS. The molecule has 1 heterocycles. The number of nitrogens with zero attached hydrogens (tertiary/aromatic N) is 2. The molecule has 1 rings (SSSR count). The lowest BCUT2D eigenvalue weighted by molar-refractivity contribution is 0.181. The summed E-state index contributed by atoms with van der Waals surface area (Å²) in [6.45, 7) is 9.08. The lowest BCUT2D eigenvalue weighted by Gasteiger charge is -2.26. The fourth-order valence-electron chi connectivity index (χ4n) is 1.90. The van der Waals surface area contributed by atoms with Crippen LogP contribution in [0.5, 0.6) is 0 Å². The molecule has 5 heteroatoms. The predicted molar refractivity (Wildman–Crippen MR) is 78.4 cm³/mol. The molecule has 0 aliphatic carbocycles. The minimum atomic E-state index is 0.527. The van der Waals surface area contributed by atoms with Gasteiger partial charge in [0.25, 0.3) is 0 Å². The van der Waals surface area contributed by atoms with Crippen LogP contribution in [0.4, 0.5) is 5.13 Å². The maximum Gasteiger partial charge on any atom is 0.186 e. The number of hydrogen-bond donors (Lipinski definition) is 1. The highest BCUT2D eigenvalue weighted by molar-refractivity contribution is 7.15. The van der Waals surface area contributed by atoms with Crippen molar-refractivity contribution in [3.05, 3.63) is 10.6 Å². The third kappa shape index (κ3) is 3.67. The van der Waals surface area contributed by atoms with Gasteiger partial charge in [-0.2, -0.15) is 0 Å². The average molecular weight is 271 g/mol. The zero-order valence-corrected chi connectivity index (χ0v) is 12.9. The number of aromatic nitrogens is 1. The first-order chi connectivity index (χ1) is 8.67. The molecule has 0 aromatic carbocycles. The molecule has 0 amide bonds. The second-order valence-electron chi connectivity index (χ2n) is 4.37. The van der Waals surface area contributed by atoms with Gasteiger partial charge in [-0.3, -0.25) is 0 Å². The Morgan fingerprint density at radius 3 is 2.67 bits per heavy atom. The highest BCUT2D eigenvalue weighted by atomic mass is 32.1. The van der Waals surface area contributed by atoms with Gasteiger partial charge in [0, 0.05) is 31.1 Å². The SMILES string of the molecule is CCC(C)N(CC)c1nc(COC)c(CNC)s1. The Hall–Kier alpha value is -0.650. The molecule has 0 saturated carbocycles. The molecule has 0 fully saturated rings. The normalized spacial score (nSPS) is 12.7. The van der Waals surface area contributed by atoms with E-state index in [1.54, 1.807) is 18.4 Å². The summed E-state index contributed by atoms with van der Waals surface area (Å²) in [6.07, 6.45) is 1.13. The maximum absolute atomic E-state index is 5.23. The Morgan fingerprint density at radius 1 is 1.44 bits per heavy atom. The number of methoxy groups -OCH3 is 1. The van der Waals surface area contributed by atoms with Gasteiger partial charge in [0.15, 0.2) is 5.13 Å². The molecule has 0 aliphatic heterocycles. The third-order valence-electron chi connectivity index (χ3n) is 3.09. The molecule has 1 aromatic rings. The van der Waals surface area contributed by atoms with Crippen LogP contribution in [0.3, 0.4) is 0 Å². The largest absolute Gasteiger partial charge is 0.378 e. The van der Waals surface area contributed by atoms with Crippen molar-refractivity contribution in [2.45, 2.75) is 46.4 Å². The fraction of sp³-hybridized carbons (Fsp3) is 0.769. The molecule has 0 saturated heterocycles. The number of nitrogens with one attached hydrogen (secondary N) is 1. The van der Waals surface area contributed by atoms with Gasteiger partial charge >= 0.3 is 0 Å². The van der Waals surface area contributed by atoms with Crippen LogP contribution in [0.1, 0.15) is 37.8 Å². The lowest BCUT2D eigenvalue weighted by Crippen LogP contribution is -2.32. The molecule has 0 aliphatic rings. The van der Waals surface area contributed by atoms with Crippen LogP contribution in [0.15, 0.2) is 0 Å². The molecule has 1 aromatic heterocycles. The van der Waals surface area contributed by atoms with Gasteiger partial charge < -0.3 is 15.0 Å². The Bertz CT molecular complexity index is 331. The second kappa shape index (κ2) is 7.71. The van der Waals surface area contributed by atoms with Crippen LogP contribution < -0.4 is 10.2 Å². The van der Waals surface area contributed by atoms with Gasteiger partial charge in [-0.05, 0) is 27.3 Å². The molecule has 0 bridgehead atoms. The number of ether oxygens (including phenoxy) is 1. The molecule has 0 spiro atoms. The first-order valence-corrected chi connectivity index (χ1v) is 7.38. The number of thiazole rings is 1. The van der Waals surface area contributed by atoms with E-state index in [4.69, 9.17) is 9.72 Å². The van der Waals surface area contributed by atoms with Crippen molar-refractivity contribution in [3.63, 3.8) is 0 Å². The number of hydrogen-bond acceptors (Lipinski definition) is 5. The predicted octanol–water partition coefficient (Wildman–Crippen LogP) is 2.63.